The van der Waals surface area contributed by atoms with Crippen LogP contribution in [-0.4, -0.2) is 12.0 Å². The van der Waals surface area contributed by atoms with Crippen LogP contribution in [0.5, 0.6) is 11.5 Å². The number of hydrogen-bond acceptors (Lipinski definition) is 5. The zero-order chi connectivity index (χ0) is 24.9. The Balaban J connectivity index is 1.70. The van der Waals surface area contributed by atoms with Crippen LogP contribution in [0.2, 0.25) is 0 Å². The minimum Gasteiger partial charge on any atom is -0.456 e. The van der Waals surface area contributed by atoms with Gasteiger partial charge in [0.15, 0.2) is 5.60 Å². The number of carbonyl (C=O) groups excluding carboxylic acids is 1. The van der Waals surface area contributed by atoms with E-state index in [1.807, 2.05) is 84.9 Å². The molecule has 180 valence electrons. The number of rotatable bonds is 5. The van der Waals surface area contributed by atoms with Crippen molar-refractivity contribution in [3.63, 3.8) is 0 Å². The van der Waals surface area contributed by atoms with Crippen LogP contribution in [0.15, 0.2) is 84.9 Å². The number of benzene rings is 4. The summed E-state index contributed by atoms with van der Waals surface area (Å²) in [7, 11) is 0. The van der Waals surface area contributed by atoms with E-state index in [0.29, 0.717) is 17.1 Å². The normalized spacial score (nSPS) is 15.2. The first kappa shape index (κ1) is 22.2. The SMILES string of the molecule is CCC(C)Nc1cc(C)c(Nc2ccccc2)c2c1C(=O)OC21c2ccccc2Oc2ccccc21. The molecule has 0 aliphatic carbocycles. The molecule has 0 radical (unpaired) electrons. The molecular formula is C31H28N2O3. The molecular weight excluding hydrogens is 448 g/mol. The highest BCUT2D eigenvalue weighted by atomic mass is 16.6. The first-order valence-corrected chi connectivity index (χ1v) is 12.4. The van der Waals surface area contributed by atoms with Crippen molar-refractivity contribution >= 4 is 23.0 Å². The van der Waals surface area contributed by atoms with E-state index in [1.165, 1.54) is 0 Å². The summed E-state index contributed by atoms with van der Waals surface area (Å²) in [6.45, 7) is 6.31. The largest absolute Gasteiger partial charge is 0.456 e. The summed E-state index contributed by atoms with van der Waals surface area (Å²) in [4.78, 5) is 13.8. The smallest absolute Gasteiger partial charge is 0.342 e. The molecule has 4 aromatic carbocycles. The van der Waals surface area contributed by atoms with Crippen LogP contribution in [-0.2, 0) is 10.3 Å². The summed E-state index contributed by atoms with van der Waals surface area (Å²) in [5.41, 5.74) is 5.46. The molecule has 0 bridgehead atoms. The van der Waals surface area contributed by atoms with Crippen molar-refractivity contribution in [2.75, 3.05) is 10.6 Å². The Morgan fingerprint density at radius 2 is 1.50 bits per heavy atom. The van der Waals surface area contributed by atoms with Crippen molar-refractivity contribution in [3.8, 4) is 11.5 Å². The van der Waals surface area contributed by atoms with Gasteiger partial charge < -0.3 is 20.1 Å². The van der Waals surface area contributed by atoms with Gasteiger partial charge >= 0.3 is 5.97 Å². The monoisotopic (exact) mass is 476 g/mol. The lowest BCUT2D eigenvalue weighted by atomic mass is 9.76. The van der Waals surface area contributed by atoms with E-state index in [9.17, 15) is 4.79 Å². The highest BCUT2D eigenvalue weighted by Crippen LogP contribution is 2.59. The molecule has 5 heteroatoms. The summed E-state index contributed by atoms with van der Waals surface area (Å²) in [6, 6.07) is 27.9. The molecule has 36 heavy (non-hydrogen) atoms. The molecule has 1 spiro atoms. The third-order valence-corrected chi connectivity index (χ3v) is 7.14. The molecule has 0 saturated heterocycles. The van der Waals surface area contributed by atoms with Gasteiger partial charge in [-0.25, -0.2) is 4.79 Å². The standard InChI is InChI=1S/C31H28N2O3/c1-4-20(3)32-24-18-19(2)29(33-21-12-6-5-7-13-21)28-27(24)30(34)36-31(28)22-14-8-10-16-25(22)35-26-17-11-9-15-23(26)31/h5-18,20,32-33H,4H2,1-3H3. The molecule has 4 aromatic rings. The van der Waals surface area contributed by atoms with Crippen LogP contribution in [0.1, 0.15) is 52.9 Å². The van der Waals surface area contributed by atoms with Crippen LogP contribution in [0.25, 0.3) is 0 Å². The lowest BCUT2D eigenvalue weighted by molar-refractivity contribution is 0.0226. The Kier molecular flexibility index (Phi) is 5.22. The topological polar surface area (TPSA) is 59.6 Å². The number of fused-ring (bicyclic) bond motifs is 6. The van der Waals surface area contributed by atoms with Crippen molar-refractivity contribution in [3.05, 3.63) is 113 Å². The fourth-order valence-electron chi connectivity index (χ4n) is 5.27. The van der Waals surface area contributed by atoms with Gasteiger partial charge in [-0.1, -0.05) is 61.5 Å². The number of esters is 1. The first-order chi connectivity index (χ1) is 17.5. The van der Waals surface area contributed by atoms with Gasteiger partial charge in [0.1, 0.15) is 11.5 Å². The first-order valence-electron chi connectivity index (χ1n) is 12.4. The zero-order valence-corrected chi connectivity index (χ0v) is 20.6. The third-order valence-electron chi connectivity index (χ3n) is 7.14. The number of nitrogens with one attached hydrogen (secondary N) is 2. The lowest BCUT2D eigenvalue weighted by Crippen LogP contribution is -2.33. The van der Waals surface area contributed by atoms with Crippen LogP contribution < -0.4 is 15.4 Å². The quantitative estimate of drug-likeness (QED) is 0.292. The second kappa shape index (κ2) is 8.45. The summed E-state index contributed by atoms with van der Waals surface area (Å²) in [6.07, 6.45) is 0.928. The molecule has 2 aliphatic rings. The highest BCUT2D eigenvalue weighted by Gasteiger charge is 2.56. The molecule has 2 N–H and O–H groups in total. The van der Waals surface area contributed by atoms with Gasteiger partial charge in [0, 0.05) is 34.1 Å². The molecule has 0 fully saturated rings. The molecule has 0 saturated carbocycles. The molecule has 6 rings (SSSR count). The zero-order valence-electron chi connectivity index (χ0n) is 20.6. The summed E-state index contributed by atoms with van der Waals surface area (Å²) in [5, 5.41) is 7.18. The maximum absolute atomic E-state index is 13.8. The van der Waals surface area contributed by atoms with E-state index < -0.39 is 5.60 Å². The van der Waals surface area contributed by atoms with Crippen molar-refractivity contribution in [1.29, 1.82) is 0 Å². The summed E-state index contributed by atoms with van der Waals surface area (Å²) < 4.78 is 12.8. The highest BCUT2D eigenvalue weighted by molar-refractivity contribution is 6.05. The van der Waals surface area contributed by atoms with Crippen molar-refractivity contribution in [1.82, 2.24) is 0 Å². The maximum atomic E-state index is 13.8. The van der Waals surface area contributed by atoms with E-state index in [0.717, 1.165) is 45.7 Å². The Bertz CT molecular complexity index is 1430. The van der Waals surface area contributed by atoms with Crippen molar-refractivity contribution < 1.29 is 14.3 Å². The Morgan fingerprint density at radius 1 is 0.889 bits per heavy atom. The fraction of sp³-hybridized carbons (Fsp3) is 0.194. The predicted octanol–water partition coefficient (Wildman–Crippen LogP) is 7.52. The Labute approximate surface area is 211 Å². The van der Waals surface area contributed by atoms with Crippen LogP contribution in [0.4, 0.5) is 17.1 Å². The van der Waals surface area contributed by atoms with Gasteiger partial charge in [-0.2, -0.15) is 0 Å². The van der Waals surface area contributed by atoms with E-state index in [4.69, 9.17) is 9.47 Å². The van der Waals surface area contributed by atoms with Crippen LogP contribution in [0, 0.1) is 6.92 Å². The van der Waals surface area contributed by atoms with Crippen molar-refractivity contribution in [2.24, 2.45) is 0 Å². The van der Waals surface area contributed by atoms with E-state index in [2.05, 4.69) is 31.4 Å². The van der Waals surface area contributed by atoms with Crippen LogP contribution in [0.3, 0.4) is 0 Å². The summed E-state index contributed by atoms with van der Waals surface area (Å²) >= 11 is 0. The van der Waals surface area contributed by atoms with E-state index in [1.54, 1.807) is 0 Å². The van der Waals surface area contributed by atoms with Gasteiger partial charge in [0.2, 0.25) is 0 Å². The molecule has 5 nitrogen and oxygen atoms in total. The number of aryl methyl sites for hydroxylation is 1. The van der Waals surface area contributed by atoms with E-state index >= 15 is 0 Å². The fourth-order valence-corrected chi connectivity index (χ4v) is 5.27. The minimum atomic E-state index is -1.15. The van der Waals surface area contributed by atoms with Crippen LogP contribution >= 0.6 is 0 Å². The van der Waals surface area contributed by atoms with Gasteiger partial charge in [0.05, 0.1) is 11.3 Å². The number of anilines is 3. The minimum absolute atomic E-state index is 0.194. The van der Waals surface area contributed by atoms with Gasteiger partial charge in [-0.3, -0.25) is 0 Å². The second-order valence-corrected chi connectivity index (χ2v) is 9.48. The van der Waals surface area contributed by atoms with Crippen molar-refractivity contribution in [2.45, 2.75) is 38.8 Å². The van der Waals surface area contributed by atoms with E-state index in [-0.39, 0.29) is 12.0 Å². The molecule has 0 aromatic heterocycles. The Hall–Kier alpha value is -4.25. The third kappa shape index (κ3) is 3.27. The Morgan fingerprint density at radius 3 is 2.14 bits per heavy atom. The molecule has 0 amide bonds. The van der Waals surface area contributed by atoms with Gasteiger partial charge in [0.25, 0.3) is 0 Å². The molecule has 2 heterocycles. The number of carbonyl (C=O) groups is 1. The molecule has 1 unspecified atom stereocenters. The molecule has 2 aliphatic heterocycles. The number of para-hydroxylation sites is 3. The molecule has 1 atom stereocenters. The average Bonchev–Trinajstić information content (AvgIpc) is 3.20. The maximum Gasteiger partial charge on any atom is 0.342 e. The average molecular weight is 477 g/mol. The lowest BCUT2D eigenvalue weighted by Gasteiger charge is -2.37. The van der Waals surface area contributed by atoms with Gasteiger partial charge in [-0.05, 0) is 56.2 Å². The second-order valence-electron chi connectivity index (χ2n) is 9.48. The summed E-state index contributed by atoms with van der Waals surface area (Å²) in [5.74, 6) is 1.01. The number of hydrogen-bond donors (Lipinski definition) is 2. The predicted molar refractivity (Wildman–Crippen MR) is 143 cm³/mol. The number of ether oxygens (including phenoxy) is 2. The van der Waals surface area contributed by atoms with Gasteiger partial charge in [-0.15, -0.1) is 0 Å².